The van der Waals surface area contributed by atoms with Crippen LogP contribution in [0.4, 0.5) is 0 Å². The zero-order valence-electron chi connectivity index (χ0n) is 18.9. The van der Waals surface area contributed by atoms with E-state index in [4.69, 9.17) is 18.8 Å². The molecule has 8 heteroatoms. The molecule has 4 heterocycles. The number of hydrogen-bond donors (Lipinski definition) is 0. The van der Waals surface area contributed by atoms with Crippen LogP contribution >= 0.6 is 22.7 Å². The minimum atomic E-state index is -0.346. The van der Waals surface area contributed by atoms with Gasteiger partial charge in [0.15, 0.2) is 11.8 Å². The van der Waals surface area contributed by atoms with E-state index in [0.29, 0.717) is 35.4 Å². The Hall–Kier alpha value is -2.32. The summed E-state index contributed by atoms with van der Waals surface area (Å²) in [5.41, 5.74) is 1.39. The van der Waals surface area contributed by atoms with Crippen molar-refractivity contribution in [3.8, 4) is 0 Å². The van der Waals surface area contributed by atoms with Gasteiger partial charge in [-0.2, -0.15) is 0 Å². The molecule has 0 spiro atoms. The summed E-state index contributed by atoms with van der Waals surface area (Å²) in [5, 5.41) is 1.35. The van der Waals surface area contributed by atoms with Crippen LogP contribution in [0.25, 0.3) is 20.4 Å². The van der Waals surface area contributed by atoms with Crippen LogP contribution in [-0.4, -0.2) is 9.97 Å². The normalized spacial score (nSPS) is 16.3. The van der Waals surface area contributed by atoms with Gasteiger partial charge in [0.1, 0.15) is 20.4 Å². The maximum atomic E-state index is 12.8. The zero-order chi connectivity index (χ0) is 22.7. The first kappa shape index (κ1) is 21.2. The van der Waals surface area contributed by atoms with Crippen LogP contribution in [0.5, 0.6) is 0 Å². The highest BCUT2D eigenvalue weighted by Crippen LogP contribution is 2.36. The summed E-state index contributed by atoms with van der Waals surface area (Å²) >= 11 is 3.26. The van der Waals surface area contributed by atoms with Gasteiger partial charge in [0.2, 0.25) is 0 Å². The first-order chi connectivity index (χ1) is 15.9. The summed E-state index contributed by atoms with van der Waals surface area (Å²) in [6, 6.07) is 0. The van der Waals surface area contributed by atoms with Gasteiger partial charge in [0.25, 0.3) is 0 Å². The number of rotatable bonds is 4. The zero-order valence-corrected chi connectivity index (χ0v) is 20.5. The Morgan fingerprint density at radius 3 is 1.61 bits per heavy atom. The number of nitrogens with zero attached hydrogens (tertiary/aromatic N) is 2. The summed E-state index contributed by atoms with van der Waals surface area (Å²) in [5.74, 6) is 0.872. The van der Waals surface area contributed by atoms with E-state index in [-0.39, 0.29) is 16.7 Å². The molecule has 0 saturated carbocycles. The van der Waals surface area contributed by atoms with Crippen LogP contribution in [0.15, 0.2) is 18.4 Å². The van der Waals surface area contributed by atoms with Gasteiger partial charge in [0, 0.05) is 22.6 Å². The van der Waals surface area contributed by atoms with Gasteiger partial charge in [-0.25, -0.2) is 19.6 Å². The van der Waals surface area contributed by atoms with E-state index in [1.54, 1.807) is 22.7 Å². The average molecular weight is 483 g/mol. The third-order valence-electron chi connectivity index (χ3n) is 6.85. The number of aromatic nitrogens is 2. The third kappa shape index (κ3) is 3.77. The molecule has 0 atom stereocenters. The van der Waals surface area contributed by atoms with Crippen LogP contribution in [0.2, 0.25) is 0 Å². The molecule has 0 unspecified atom stereocenters. The molecule has 33 heavy (non-hydrogen) atoms. The molecular weight excluding hydrogens is 456 g/mol. The fourth-order valence-electron chi connectivity index (χ4n) is 5.30. The second-order valence-corrected chi connectivity index (χ2v) is 12.3. The monoisotopic (exact) mass is 482 g/mol. The van der Waals surface area contributed by atoms with E-state index in [1.165, 1.54) is 22.6 Å². The van der Waals surface area contributed by atoms with Crippen LogP contribution in [0.1, 0.15) is 72.2 Å². The molecule has 172 valence electrons. The molecular formula is C25H26N2O4S2. The molecule has 0 aliphatic heterocycles. The van der Waals surface area contributed by atoms with E-state index in [9.17, 15) is 9.59 Å². The minimum absolute atomic E-state index is 0.277. The molecule has 0 radical (unpaired) electrons. The lowest BCUT2D eigenvalue weighted by Crippen LogP contribution is -2.22. The van der Waals surface area contributed by atoms with Crippen molar-refractivity contribution in [2.24, 2.45) is 5.41 Å². The van der Waals surface area contributed by atoms with E-state index < -0.39 is 0 Å². The number of hydrogen-bond acceptors (Lipinski definition) is 8. The van der Waals surface area contributed by atoms with Crippen molar-refractivity contribution >= 4 is 43.1 Å². The molecule has 6 rings (SSSR count). The first-order valence-corrected chi connectivity index (χ1v) is 13.4. The van der Waals surface area contributed by atoms with Crippen LogP contribution in [-0.2, 0) is 38.5 Å². The largest absolute Gasteiger partial charge is 0.408 e. The highest BCUT2D eigenvalue weighted by molar-refractivity contribution is 7.19. The topological polar surface area (TPSA) is 86.2 Å². The Bertz CT molecular complexity index is 1390. The van der Waals surface area contributed by atoms with Gasteiger partial charge in [0.05, 0.1) is 0 Å². The van der Waals surface area contributed by atoms with Crippen molar-refractivity contribution in [3.05, 3.63) is 53.5 Å². The van der Waals surface area contributed by atoms with Gasteiger partial charge in [-0.3, -0.25) is 0 Å². The second kappa shape index (κ2) is 7.87. The Labute approximate surface area is 198 Å². The molecule has 0 fully saturated rings. The first-order valence-electron chi connectivity index (χ1n) is 11.8. The highest BCUT2D eigenvalue weighted by atomic mass is 32.1. The highest BCUT2D eigenvalue weighted by Gasteiger charge is 2.28. The van der Waals surface area contributed by atoms with E-state index >= 15 is 0 Å². The third-order valence-corrected chi connectivity index (χ3v) is 9.22. The van der Waals surface area contributed by atoms with Crippen molar-refractivity contribution in [2.45, 2.75) is 78.1 Å². The van der Waals surface area contributed by atoms with Crippen molar-refractivity contribution in [2.75, 3.05) is 0 Å². The Morgan fingerprint density at radius 1 is 0.727 bits per heavy atom. The second-order valence-electron chi connectivity index (χ2n) is 10.1. The van der Waals surface area contributed by atoms with Gasteiger partial charge in [-0.15, -0.1) is 22.7 Å². The predicted octanol–water partition coefficient (Wildman–Crippen LogP) is 5.38. The molecule has 2 aliphatic rings. The quantitative estimate of drug-likeness (QED) is 0.388. The standard InChI is InChI=1S/C25H26N2O4S2/c1-25(2,11-17-26-21-19(23(28)30-17)13-7-3-5-9-15(13)32-21)12-18-27-22-20(24(29)31-18)14-8-4-6-10-16(14)33-22/h3-12H2,1-2H3. The average Bonchev–Trinajstić information content (AvgIpc) is 3.31. The van der Waals surface area contributed by atoms with E-state index in [0.717, 1.165) is 59.3 Å². The molecule has 0 saturated heterocycles. The smallest absolute Gasteiger partial charge is 0.348 e. The predicted molar refractivity (Wildman–Crippen MR) is 131 cm³/mol. The summed E-state index contributed by atoms with van der Waals surface area (Å²) < 4.78 is 11.3. The summed E-state index contributed by atoms with van der Waals surface area (Å²) in [6.45, 7) is 4.12. The van der Waals surface area contributed by atoms with Gasteiger partial charge < -0.3 is 8.83 Å². The van der Waals surface area contributed by atoms with Gasteiger partial charge in [-0.05, 0) is 67.9 Å². The lowest BCUT2D eigenvalue weighted by molar-refractivity contribution is 0.277. The van der Waals surface area contributed by atoms with Crippen LogP contribution in [0, 0.1) is 5.41 Å². The molecule has 0 bridgehead atoms. The van der Waals surface area contributed by atoms with E-state index in [1.807, 2.05) is 0 Å². The van der Waals surface area contributed by atoms with Gasteiger partial charge in [-0.1, -0.05) is 13.8 Å². The Morgan fingerprint density at radius 2 is 1.15 bits per heavy atom. The summed E-state index contributed by atoms with van der Waals surface area (Å²) in [7, 11) is 0. The molecule has 0 N–H and O–H groups in total. The fraction of sp³-hybridized carbons (Fsp3) is 0.520. The lowest BCUT2D eigenvalue weighted by atomic mass is 9.85. The van der Waals surface area contributed by atoms with Crippen LogP contribution < -0.4 is 11.3 Å². The number of aryl methyl sites for hydroxylation is 4. The fourth-order valence-corrected chi connectivity index (χ4v) is 7.83. The summed E-state index contributed by atoms with van der Waals surface area (Å²) in [6.07, 6.45) is 9.41. The van der Waals surface area contributed by atoms with Crippen molar-refractivity contribution in [1.29, 1.82) is 0 Å². The van der Waals surface area contributed by atoms with Crippen molar-refractivity contribution in [1.82, 2.24) is 9.97 Å². The molecule has 0 amide bonds. The van der Waals surface area contributed by atoms with E-state index in [2.05, 4.69) is 13.8 Å². The van der Waals surface area contributed by atoms with Crippen molar-refractivity contribution < 1.29 is 8.83 Å². The number of fused-ring (bicyclic) bond motifs is 6. The summed E-state index contributed by atoms with van der Waals surface area (Å²) in [4.78, 5) is 39.2. The van der Waals surface area contributed by atoms with Crippen molar-refractivity contribution in [3.63, 3.8) is 0 Å². The SMILES string of the molecule is CC(C)(Cc1nc2sc3c(c2c(=O)o1)CCCC3)Cc1nc2sc3c(c2c(=O)o1)CCCC3. The molecule has 0 aromatic carbocycles. The molecule has 4 aromatic rings. The lowest BCUT2D eigenvalue weighted by Gasteiger charge is -2.21. The maximum absolute atomic E-state index is 12.8. The molecule has 6 nitrogen and oxygen atoms in total. The Balaban J connectivity index is 1.30. The molecule has 4 aromatic heterocycles. The van der Waals surface area contributed by atoms with Crippen LogP contribution in [0.3, 0.4) is 0 Å². The minimum Gasteiger partial charge on any atom is -0.408 e. The Kier molecular flexibility index (Phi) is 5.07. The van der Waals surface area contributed by atoms with Gasteiger partial charge >= 0.3 is 11.3 Å². The molecule has 2 aliphatic carbocycles. The number of thiophene rings is 2. The maximum Gasteiger partial charge on any atom is 0.348 e.